The average molecular weight is 356 g/mol. The van der Waals surface area contributed by atoms with Gasteiger partial charge in [0.1, 0.15) is 11.9 Å². The summed E-state index contributed by atoms with van der Waals surface area (Å²) < 4.78 is 38.3. The average Bonchev–Trinajstić information content (AvgIpc) is 2.48. The van der Waals surface area contributed by atoms with Crippen molar-refractivity contribution in [2.75, 3.05) is 19.0 Å². The molecule has 0 unspecified atom stereocenters. The second kappa shape index (κ2) is 7.96. The van der Waals surface area contributed by atoms with Crippen molar-refractivity contribution in [3.63, 3.8) is 0 Å². The molecule has 1 amide bonds. The zero-order valence-corrected chi connectivity index (χ0v) is 14.7. The lowest BCUT2D eigenvalue weighted by Gasteiger charge is -2.32. The Balaban J connectivity index is 2.05. The third-order valence-electron chi connectivity index (χ3n) is 3.61. The van der Waals surface area contributed by atoms with Crippen LogP contribution >= 0.6 is 0 Å². The van der Waals surface area contributed by atoms with E-state index >= 15 is 0 Å². The van der Waals surface area contributed by atoms with Crippen molar-refractivity contribution in [3.8, 4) is 5.75 Å². The van der Waals surface area contributed by atoms with Crippen LogP contribution in [0.1, 0.15) is 30.6 Å². The minimum absolute atomic E-state index is 0.0445. The summed E-state index contributed by atoms with van der Waals surface area (Å²) in [5.41, 5.74) is 5.59. The normalized spacial score (nSPS) is 21.6. The first-order valence-corrected chi connectivity index (χ1v) is 9.56. The number of hydrogen-bond donors (Lipinski definition) is 2. The highest BCUT2D eigenvalue weighted by Gasteiger charge is 2.31. The topological polar surface area (TPSA) is 108 Å². The first-order valence-electron chi connectivity index (χ1n) is 7.91. The van der Waals surface area contributed by atoms with Gasteiger partial charge in [0.05, 0.1) is 18.4 Å². The van der Waals surface area contributed by atoms with Crippen molar-refractivity contribution >= 4 is 15.9 Å². The van der Waals surface area contributed by atoms with Crippen molar-refractivity contribution in [2.24, 2.45) is 11.7 Å². The highest BCUT2D eigenvalue weighted by molar-refractivity contribution is 7.89. The molecule has 24 heavy (non-hydrogen) atoms. The molecule has 1 saturated heterocycles. The first-order chi connectivity index (χ1) is 11.3. The van der Waals surface area contributed by atoms with Crippen molar-refractivity contribution in [1.29, 1.82) is 0 Å². The van der Waals surface area contributed by atoms with E-state index in [0.717, 1.165) is 0 Å². The Morgan fingerprint density at radius 1 is 1.38 bits per heavy atom. The Morgan fingerprint density at radius 2 is 2.04 bits per heavy atom. The van der Waals surface area contributed by atoms with E-state index in [0.29, 0.717) is 30.9 Å². The number of primary amides is 1. The summed E-state index contributed by atoms with van der Waals surface area (Å²) in [5, 5.41) is 0. The van der Waals surface area contributed by atoms with Crippen LogP contribution in [0.5, 0.6) is 5.75 Å². The summed E-state index contributed by atoms with van der Waals surface area (Å²) in [6, 6.07) is 6.06. The SMILES string of the molecule is CC(C)CS(=O)(=O)N[C@@H]1CCOC[C@H]1Oc1ccc(C(N)=O)cc1. The molecule has 0 aliphatic carbocycles. The molecule has 0 radical (unpaired) electrons. The van der Waals surface area contributed by atoms with Crippen LogP contribution in [0.15, 0.2) is 24.3 Å². The fraction of sp³-hybridized carbons (Fsp3) is 0.562. The Morgan fingerprint density at radius 3 is 2.62 bits per heavy atom. The Labute approximate surface area is 142 Å². The number of ether oxygens (including phenoxy) is 2. The van der Waals surface area contributed by atoms with Crippen LogP contribution in [0.3, 0.4) is 0 Å². The molecule has 7 nitrogen and oxygen atoms in total. The third-order valence-corrected chi connectivity index (χ3v) is 5.38. The monoisotopic (exact) mass is 356 g/mol. The van der Waals surface area contributed by atoms with Crippen LogP contribution in [0.25, 0.3) is 0 Å². The number of hydrogen-bond acceptors (Lipinski definition) is 5. The number of amides is 1. The number of nitrogens with one attached hydrogen (secondary N) is 1. The fourth-order valence-electron chi connectivity index (χ4n) is 2.55. The molecule has 134 valence electrons. The number of rotatable bonds is 7. The first kappa shape index (κ1) is 18.7. The number of nitrogens with two attached hydrogens (primary N) is 1. The van der Waals surface area contributed by atoms with Gasteiger partial charge in [-0.2, -0.15) is 0 Å². The van der Waals surface area contributed by atoms with E-state index in [9.17, 15) is 13.2 Å². The smallest absolute Gasteiger partial charge is 0.248 e. The standard InChI is InChI=1S/C16H24N2O5S/c1-11(2)10-24(20,21)18-14-7-8-22-9-15(14)23-13-5-3-12(4-6-13)16(17)19/h3-6,11,14-15,18H,7-10H2,1-2H3,(H2,17,19)/t14-,15-/m1/s1. The van der Waals surface area contributed by atoms with Crippen LogP contribution in [0.4, 0.5) is 0 Å². The lowest BCUT2D eigenvalue weighted by atomic mass is 10.1. The Kier molecular flexibility index (Phi) is 6.20. The molecule has 1 aromatic rings. The fourth-order valence-corrected chi connectivity index (χ4v) is 4.26. The maximum Gasteiger partial charge on any atom is 0.248 e. The largest absolute Gasteiger partial charge is 0.486 e. The predicted molar refractivity (Wildman–Crippen MR) is 90.4 cm³/mol. The second-order valence-electron chi connectivity index (χ2n) is 6.31. The van der Waals surface area contributed by atoms with Crippen LogP contribution < -0.4 is 15.2 Å². The van der Waals surface area contributed by atoms with Gasteiger partial charge in [-0.1, -0.05) is 13.8 Å². The Bertz CT molecular complexity index is 658. The van der Waals surface area contributed by atoms with Crippen molar-refractivity contribution in [2.45, 2.75) is 32.4 Å². The number of carbonyl (C=O) groups excluding carboxylic acids is 1. The summed E-state index contributed by atoms with van der Waals surface area (Å²) in [5.74, 6) is 0.137. The molecule has 0 spiro atoms. The van der Waals surface area contributed by atoms with Crippen LogP contribution in [0, 0.1) is 5.92 Å². The van der Waals surface area contributed by atoms with Gasteiger partial charge in [0.15, 0.2) is 0 Å². The van der Waals surface area contributed by atoms with Crippen molar-refractivity contribution in [3.05, 3.63) is 29.8 Å². The molecule has 1 heterocycles. The summed E-state index contributed by atoms with van der Waals surface area (Å²) >= 11 is 0. The van der Waals surface area contributed by atoms with Crippen molar-refractivity contribution < 1.29 is 22.7 Å². The molecular weight excluding hydrogens is 332 g/mol. The summed E-state index contributed by atoms with van der Waals surface area (Å²) in [6.07, 6.45) is 0.113. The number of sulfonamides is 1. The van der Waals surface area contributed by atoms with Gasteiger partial charge in [0.2, 0.25) is 15.9 Å². The van der Waals surface area contributed by atoms with Crippen LogP contribution in [-0.4, -0.2) is 45.4 Å². The molecule has 0 aromatic heterocycles. The molecule has 0 saturated carbocycles. The van der Waals surface area contributed by atoms with Gasteiger partial charge >= 0.3 is 0 Å². The number of carbonyl (C=O) groups is 1. The van der Waals surface area contributed by atoms with Crippen LogP contribution in [0.2, 0.25) is 0 Å². The van der Waals surface area contributed by atoms with Gasteiger partial charge in [0, 0.05) is 12.2 Å². The maximum atomic E-state index is 12.2. The highest BCUT2D eigenvalue weighted by Crippen LogP contribution is 2.19. The summed E-state index contributed by atoms with van der Waals surface area (Å²) in [7, 11) is -3.37. The van der Waals surface area contributed by atoms with E-state index in [-0.39, 0.29) is 17.7 Å². The predicted octanol–water partition coefficient (Wildman–Crippen LogP) is 0.897. The van der Waals surface area contributed by atoms with Gasteiger partial charge in [-0.3, -0.25) is 4.79 Å². The van der Waals surface area contributed by atoms with E-state index in [1.54, 1.807) is 24.3 Å². The van der Waals surface area contributed by atoms with Crippen molar-refractivity contribution in [1.82, 2.24) is 4.72 Å². The van der Waals surface area contributed by atoms with Gasteiger partial charge in [-0.15, -0.1) is 0 Å². The van der Waals surface area contributed by atoms with Gasteiger partial charge in [0.25, 0.3) is 0 Å². The van der Waals surface area contributed by atoms with E-state index in [2.05, 4.69) is 4.72 Å². The Hall–Kier alpha value is -1.64. The molecule has 1 aromatic carbocycles. The third kappa shape index (κ3) is 5.47. The zero-order chi connectivity index (χ0) is 17.7. The summed E-state index contributed by atoms with van der Waals surface area (Å²) in [6.45, 7) is 4.50. The van der Waals surface area contributed by atoms with E-state index in [1.807, 2.05) is 13.8 Å². The minimum Gasteiger partial charge on any atom is -0.486 e. The zero-order valence-electron chi connectivity index (χ0n) is 13.9. The molecule has 2 atom stereocenters. The highest BCUT2D eigenvalue weighted by atomic mass is 32.2. The van der Waals surface area contributed by atoms with Gasteiger partial charge in [-0.25, -0.2) is 13.1 Å². The number of benzene rings is 1. The molecule has 8 heteroatoms. The van der Waals surface area contributed by atoms with E-state index < -0.39 is 22.0 Å². The molecule has 1 aliphatic rings. The lowest BCUT2D eigenvalue weighted by molar-refractivity contribution is -0.00928. The molecule has 1 aliphatic heterocycles. The molecule has 1 fully saturated rings. The second-order valence-corrected chi connectivity index (χ2v) is 8.11. The van der Waals surface area contributed by atoms with Crippen LogP contribution in [-0.2, 0) is 14.8 Å². The minimum atomic E-state index is -3.37. The van der Waals surface area contributed by atoms with Gasteiger partial charge < -0.3 is 15.2 Å². The molecule has 2 rings (SSSR count). The van der Waals surface area contributed by atoms with Gasteiger partial charge in [-0.05, 0) is 36.6 Å². The molecule has 3 N–H and O–H groups in total. The lowest BCUT2D eigenvalue weighted by Crippen LogP contribution is -2.52. The van der Waals surface area contributed by atoms with E-state index in [1.165, 1.54) is 0 Å². The molecule has 0 bridgehead atoms. The quantitative estimate of drug-likeness (QED) is 0.754. The summed E-state index contributed by atoms with van der Waals surface area (Å²) in [4.78, 5) is 11.1. The van der Waals surface area contributed by atoms with E-state index in [4.69, 9.17) is 15.2 Å². The maximum absolute atomic E-state index is 12.2. The molecular formula is C16H24N2O5S.